The molecule has 0 aromatic heterocycles. The molecule has 0 saturated carbocycles. The number of ether oxygens (including phenoxy) is 2. The van der Waals surface area contributed by atoms with E-state index in [0.29, 0.717) is 12.6 Å². The van der Waals surface area contributed by atoms with Crippen molar-refractivity contribution < 1.29 is 14.3 Å². The SMILES string of the molecule is COC(=O)[C@@H](C)OCCNC(C)C. The zero-order valence-electron chi connectivity index (χ0n) is 8.79. The highest BCUT2D eigenvalue weighted by molar-refractivity contribution is 5.73. The van der Waals surface area contributed by atoms with Gasteiger partial charge in [0.1, 0.15) is 0 Å². The van der Waals surface area contributed by atoms with Crippen LogP contribution in [0.2, 0.25) is 0 Å². The zero-order valence-corrected chi connectivity index (χ0v) is 8.79. The maximum Gasteiger partial charge on any atom is 0.334 e. The monoisotopic (exact) mass is 189 g/mol. The normalized spacial score (nSPS) is 13.0. The van der Waals surface area contributed by atoms with Crippen molar-refractivity contribution in [3.05, 3.63) is 0 Å². The molecule has 4 heteroatoms. The molecule has 0 heterocycles. The summed E-state index contributed by atoms with van der Waals surface area (Å²) in [5.74, 6) is -0.329. The molecule has 0 bridgehead atoms. The summed E-state index contributed by atoms with van der Waals surface area (Å²) in [5, 5.41) is 3.18. The van der Waals surface area contributed by atoms with Gasteiger partial charge in [-0.05, 0) is 6.92 Å². The maximum absolute atomic E-state index is 10.9. The van der Waals surface area contributed by atoms with Gasteiger partial charge in [-0.25, -0.2) is 4.79 Å². The van der Waals surface area contributed by atoms with Gasteiger partial charge in [0.25, 0.3) is 0 Å². The van der Waals surface area contributed by atoms with Crippen LogP contribution in [-0.4, -0.2) is 38.4 Å². The minimum atomic E-state index is -0.473. The second-order valence-corrected chi connectivity index (χ2v) is 3.15. The number of hydrogen-bond donors (Lipinski definition) is 1. The van der Waals surface area contributed by atoms with Gasteiger partial charge in [-0.2, -0.15) is 0 Å². The Kier molecular flexibility index (Phi) is 6.54. The Balaban J connectivity index is 3.37. The molecule has 0 aliphatic carbocycles. The smallest absolute Gasteiger partial charge is 0.334 e. The molecule has 1 N–H and O–H groups in total. The average molecular weight is 189 g/mol. The highest BCUT2D eigenvalue weighted by Crippen LogP contribution is 1.92. The van der Waals surface area contributed by atoms with Crippen molar-refractivity contribution in [1.29, 1.82) is 0 Å². The van der Waals surface area contributed by atoms with E-state index in [1.807, 2.05) is 0 Å². The van der Waals surface area contributed by atoms with Crippen LogP contribution in [0.25, 0.3) is 0 Å². The lowest BCUT2D eigenvalue weighted by Crippen LogP contribution is -2.30. The third-order valence-electron chi connectivity index (χ3n) is 1.56. The fourth-order valence-corrected chi connectivity index (χ4v) is 0.817. The van der Waals surface area contributed by atoms with Crippen LogP contribution in [0.5, 0.6) is 0 Å². The van der Waals surface area contributed by atoms with Gasteiger partial charge in [-0.1, -0.05) is 13.8 Å². The van der Waals surface area contributed by atoms with Gasteiger partial charge >= 0.3 is 5.97 Å². The molecule has 0 fully saturated rings. The molecule has 0 saturated heterocycles. The summed E-state index contributed by atoms with van der Waals surface area (Å²) < 4.78 is 9.71. The van der Waals surface area contributed by atoms with Crippen molar-refractivity contribution in [2.75, 3.05) is 20.3 Å². The zero-order chi connectivity index (χ0) is 10.3. The molecular weight excluding hydrogens is 170 g/mol. The summed E-state index contributed by atoms with van der Waals surface area (Å²) in [5.41, 5.74) is 0. The van der Waals surface area contributed by atoms with Crippen molar-refractivity contribution in [3.63, 3.8) is 0 Å². The standard InChI is InChI=1S/C9H19NO3/c1-7(2)10-5-6-13-8(3)9(11)12-4/h7-8,10H,5-6H2,1-4H3/t8-/m1/s1. The van der Waals surface area contributed by atoms with E-state index in [2.05, 4.69) is 23.9 Å². The molecule has 0 radical (unpaired) electrons. The Morgan fingerprint density at radius 2 is 2.00 bits per heavy atom. The first-order valence-corrected chi connectivity index (χ1v) is 4.50. The first kappa shape index (κ1) is 12.4. The number of carbonyl (C=O) groups excluding carboxylic acids is 1. The third kappa shape index (κ3) is 6.54. The molecule has 4 nitrogen and oxygen atoms in total. The second-order valence-electron chi connectivity index (χ2n) is 3.15. The first-order valence-electron chi connectivity index (χ1n) is 4.50. The second kappa shape index (κ2) is 6.86. The fourth-order valence-electron chi connectivity index (χ4n) is 0.817. The molecule has 0 aromatic rings. The van der Waals surface area contributed by atoms with Gasteiger partial charge in [0.05, 0.1) is 13.7 Å². The van der Waals surface area contributed by atoms with E-state index in [1.165, 1.54) is 7.11 Å². The van der Waals surface area contributed by atoms with E-state index in [9.17, 15) is 4.79 Å². The van der Waals surface area contributed by atoms with Crippen LogP contribution in [0.3, 0.4) is 0 Å². The number of nitrogens with one attached hydrogen (secondary N) is 1. The predicted octanol–water partition coefficient (Wildman–Crippen LogP) is 0.562. The fraction of sp³-hybridized carbons (Fsp3) is 0.889. The van der Waals surface area contributed by atoms with Gasteiger partial charge in [0.2, 0.25) is 0 Å². The minimum absolute atomic E-state index is 0.329. The number of rotatable bonds is 6. The Bertz CT molecular complexity index is 148. The van der Waals surface area contributed by atoms with Crippen molar-refractivity contribution in [2.45, 2.75) is 32.9 Å². The molecule has 78 valence electrons. The van der Waals surface area contributed by atoms with Crippen molar-refractivity contribution in [2.24, 2.45) is 0 Å². The van der Waals surface area contributed by atoms with Crippen molar-refractivity contribution >= 4 is 5.97 Å². The summed E-state index contributed by atoms with van der Waals surface area (Å²) in [4.78, 5) is 10.9. The molecule has 0 spiro atoms. The Morgan fingerprint density at radius 1 is 1.38 bits per heavy atom. The molecule has 0 aliphatic rings. The van der Waals surface area contributed by atoms with Gasteiger partial charge in [0.15, 0.2) is 6.10 Å². The van der Waals surface area contributed by atoms with Gasteiger partial charge in [-0.15, -0.1) is 0 Å². The predicted molar refractivity (Wildman–Crippen MR) is 50.6 cm³/mol. The van der Waals surface area contributed by atoms with Gasteiger partial charge < -0.3 is 14.8 Å². The number of methoxy groups -OCH3 is 1. The average Bonchev–Trinajstić information content (AvgIpc) is 2.10. The lowest BCUT2D eigenvalue weighted by atomic mass is 10.4. The lowest BCUT2D eigenvalue weighted by Gasteiger charge is -2.12. The summed E-state index contributed by atoms with van der Waals surface area (Å²) in [7, 11) is 1.36. The first-order chi connectivity index (χ1) is 6.07. The quantitative estimate of drug-likeness (QED) is 0.490. The van der Waals surface area contributed by atoms with Gasteiger partial charge in [0, 0.05) is 12.6 Å². The van der Waals surface area contributed by atoms with E-state index < -0.39 is 6.10 Å². The lowest BCUT2D eigenvalue weighted by molar-refractivity contribution is -0.152. The molecule has 1 atom stereocenters. The molecular formula is C9H19NO3. The van der Waals surface area contributed by atoms with E-state index >= 15 is 0 Å². The molecule has 0 rings (SSSR count). The number of carbonyl (C=O) groups is 1. The van der Waals surface area contributed by atoms with E-state index in [0.717, 1.165) is 6.54 Å². The number of hydrogen-bond acceptors (Lipinski definition) is 4. The van der Waals surface area contributed by atoms with Crippen LogP contribution in [0.1, 0.15) is 20.8 Å². The minimum Gasteiger partial charge on any atom is -0.467 e. The van der Waals surface area contributed by atoms with Gasteiger partial charge in [-0.3, -0.25) is 0 Å². The van der Waals surface area contributed by atoms with Crippen LogP contribution in [0, 0.1) is 0 Å². The van der Waals surface area contributed by atoms with Crippen LogP contribution in [-0.2, 0) is 14.3 Å². The topological polar surface area (TPSA) is 47.6 Å². The van der Waals surface area contributed by atoms with Crippen LogP contribution in [0.15, 0.2) is 0 Å². The van der Waals surface area contributed by atoms with E-state index in [1.54, 1.807) is 6.92 Å². The van der Waals surface area contributed by atoms with Crippen molar-refractivity contribution in [1.82, 2.24) is 5.32 Å². The number of esters is 1. The molecule has 0 aromatic carbocycles. The van der Waals surface area contributed by atoms with Crippen molar-refractivity contribution in [3.8, 4) is 0 Å². The Labute approximate surface area is 79.6 Å². The largest absolute Gasteiger partial charge is 0.467 e. The Hall–Kier alpha value is -0.610. The van der Waals surface area contributed by atoms with Crippen LogP contribution >= 0.6 is 0 Å². The molecule has 0 unspecified atom stereocenters. The molecule has 0 aliphatic heterocycles. The van der Waals surface area contributed by atoms with E-state index in [-0.39, 0.29) is 5.97 Å². The van der Waals surface area contributed by atoms with Crippen LogP contribution < -0.4 is 5.32 Å². The third-order valence-corrected chi connectivity index (χ3v) is 1.56. The molecule has 0 amide bonds. The highest BCUT2D eigenvalue weighted by Gasteiger charge is 2.12. The maximum atomic E-state index is 10.9. The summed E-state index contributed by atoms with van der Waals surface area (Å²) in [6.45, 7) is 7.07. The van der Waals surface area contributed by atoms with Crippen LogP contribution in [0.4, 0.5) is 0 Å². The van der Waals surface area contributed by atoms with E-state index in [4.69, 9.17) is 4.74 Å². The molecule has 13 heavy (non-hydrogen) atoms. The summed E-state index contributed by atoms with van der Waals surface area (Å²) in [6.07, 6.45) is -0.473. The summed E-state index contributed by atoms with van der Waals surface area (Å²) >= 11 is 0. The summed E-state index contributed by atoms with van der Waals surface area (Å²) in [6, 6.07) is 0.442. The highest BCUT2D eigenvalue weighted by atomic mass is 16.6. The Morgan fingerprint density at radius 3 is 2.46 bits per heavy atom.